The molecule has 0 saturated carbocycles. The number of anilines is 1. The first-order valence-electron chi connectivity index (χ1n) is 7.62. The average molecular weight is 330 g/mol. The Morgan fingerprint density at radius 2 is 2.13 bits per heavy atom. The first-order chi connectivity index (χ1) is 11.2. The summed E-state index contributed by atoms with van der Waals surface area (Å²) in [7, 11) is 1.75. The van der Waals surface area contributed by atoms with E-state index in [4.69, 9.17) is 0 Å². The van der Waals surface area contributed by atoms with E-state index in [2.05, 4.69) is 16.3 Å². The maximum Gasteiger partial charge on any atom is 0.173 e. The highest BCUT2D eigenvalue weighted by atomic mass is 32.2. The van der Waals surface area contributed by atoms with Crippen molar-refractivity contribution in [3.8, 4) is 0 Å². The van der Waals surface area contributed by atoms with Crippen LogP contribution in [-0.4, -0.2) is 31.7 Å². The summed E-state index contributed by atoms with van der Waals surface area (Å²) in [5.41, 5.74) is 1.74. The van der Waals surface area contributed by atoms with Crippen molar-refractivity contribution in [3.05, 3.63) is 59.9 Å². The minimum Gasteiger partial charge on any atom is -0.356 e. The van der Waals surface area contributed by atoms with Gasteiger partial charge in [-0.2, -0.15) is 0 Å². The zero-order valence-corrected chi connectivity index (χ0v) is 13.8. The molecule has 23 heavy (non-hydrogen) atoms. The third-order valence-corrected chi connectivity index (χ3v) is 4.94. The highest BCUT2D eigenvalue weighted by Gasteiger charge is 2.30. The number of Topliss-reactive ketones (excluding diaryl/α,β-unsaturated/α-hetero) is 1. The number of fused-ring (bicyclic) bond motifs is 1. The van der Waals surface area contributed by atoms with Crippen molar-refractivity contribution in [2.24, 2.45) is 0 Å². The van der Waals surface area contributed by atoms with E-state index in [0.717, 1.165) is 22.9 Å². The number of halogens is 1. The molecule has 3 rings (SSSR count). The number of para-hydroxylation sites is 1. The highest BCUT2D eigenvalue weighted by molar-refractivity contribution is 7.99. The Morgan fingerprint density at radius 3 is 2.91 bits per heavy atom. The lowest BCUT2D eigenvalue weighted by Gasteiger charge is -2.37. The normalized spacial score (nSPS) is 15.1. The number of ketones is 1. The molecule has 0 aromatic heterocycles. The lowest BCUT2D eigenvalue weighted by molar-refractivity contribution is -0.119. The van der Waals surface area contributed by atoms with E-state index in [1.54, 1.807) is 24.9 Å². The number of rotatable bonds is 5. The van der Waals surface area contributed by atoms with E-state index in [9.17, 15) is 9.18 Å². The third kappa shape index (κ3) is 3.41. The second kappa shape index (κ2) is 7.15. The molecule has 1 N–H and O–H groups in total. The van der Waals surface area contributed by atoms with Gasteiger partial charge in [0.1, 0.15) is 11.9 Å². The Labute approximate surface area is 139 Å². The van der Waals surface area contributed by atoms with Crippen LogP contribution in [0.4, 0.5) is 10.1 Å². The van der Waals surface area contributed by atoms with Crippen LogP contribution in [-0.2, 0) is 4.79 Å². The fraction of sp³-hybridized carbons (Fsp3) is 0.278. The second-order valence-corrected chi connectivity index (χ2v) is 6.60. The number of nitrogens with zero attached hydrogens (tertiary/aromatic N) is 1. The zero-order chi connectivity index (χ0) is 16.2. The summed E-state index contributed by atoms with van der Waals surface area (Å²) in [6.45, 7) is 1.02. The van der Waals surface area contributed by atoms with Crippen LogP contribution in [0.1, 0.15) is 11.6 Å². The van der Waals surface area contributed by atoms with Crippen molar-refractivity contribution in [3.63, 3.8) is 0 Å². The molecule has 3 nitrogen and oxygen atoms in total. The molecular formula is C18H19FN2OS. The van der Waals surface area contributed by atoms with E-state index in [-0.39, 0.29) is 18.1 Å². The summed E-state index contributed by atoms with van der Waals surface area (Å²) in [5.74, 6) is 0.639. The summed E-state index contributed by atoms with van der Waals surface area (Å²) < 4.78 is 13.7. The van der Waals surface area contributed by atoms with Gasteiger partial charge in [0.05, 0.1) is 12.2 Å². The van der Waals surface area contributed by atoms with Crippen molar-refractivity contribution in [1.29, 1.82) is 0 Å². The molecule has 1 atom stereocenters. The lowest BCUT2D eigenvalue weighted by Crippen LogP contribution is -2.40. The molecule has 0 bridgehead atoms. The number of thioether (sulfide) groups is 1. The number of carbonyl (C=O) groups excluding carboxylic acids is 1. The average Bonchev–Trinajstić information content (AvgIpc) is 2.56. The predicted molar refractivity (Wildman–Crippen MR) is 92.6 cm³/mol. The van der Waals surface area contributed by atoms with Crippen LogP contribution in [0.3, 0.4) is 0 Å². The van der Waals surface area contributed by atoms with Crippen molar-refractivity contribution in [2.75, 3.05) is 30.8 Å². The van der Waals surface area contributed by atoms with Gasteiger partial charge in [-0.15, -0.1) is 11.8 Å². The molecular weight excluding hydrogens is 311 g/mol. The second-order valence-electron chi connectivity index (χ2n) is 5.46. The van der Waals surface area contributed by atoms with Gasteiger partial charge in [-0.25, -0.2) is 4.39 Å². The number of nitrogens with one attached hydrogen (secondary N) is 1. The Bertz CT molecular complexity index is 707. The number of hydrogen-bond donors (Lipinski definition) is 1. The quantitative estimate of drug-likeness (QED) is 0.912. The number of likely N-dealkylation sites (N-methyl/N-ethyl adjacent to an activating group) is 1. The van der Waals surface area contributed by atoms with Gasteiger partial charge in [-0.1, -0.05) is 24.3 Å². The minimum atomic E-state index is -0.472. The van der Waals surface area contributed by atoms with Gasteiger partial charge in [-0.3, -0.25) is 4.79 Å². The molecule has 1 aliphatic heterocycles. The monoisotopic (exact) mass is 330 g/mol. The summed E-state index contributed by atoms with van der Waals surface area (Å²) in [6.07, 6.45) is 0. The Balaban J connectivity index is 2.04. The van der Waals surface area contributed by atoms with Crippen molar-refractivity contribution in [2.45, 2.75) is 10.9 Å². The number of benzene rings is 2. The van der Waals surface area contributed by atoms with Gasteiger partial charge in [-0.05, 0) is 36.9 Å². The van der Waals surface area contributed by atoms with E-state index >= 15 is 0 Å². The van der Waals surface area contributed by atoms with E-state index in [0.29, 0.717) is 5.56 Å². The first kappa shape index (κ1) is 16.0. The van der Waals surface area contributed by atoms with Crippen LogP contribution in [0.25, 0.3) is 0 Å². The Morgan fingerprint density at radius 1 is 1.30 bits per heavy atom. The molecule has 0 fully saturated rings. The molecule has 2 aromatic rings. The van der Waals surface area contributed by atoms with Gasteiger partial charge in [0.25, 0.3) is 0 Å². The summed E-state index contributed by atoms with van der Waals surface area (Å²) in [5, 5.41) is 2.92. The van der Waals surface area contributed by atoms with Crippen molar-refractivity contribution < 1.29 is 9.18 Å². The minimum absolute atomic E-state index is 0.0415. The van der Waals surface area contributed by atoms with Crippen LogP contribution in [0.5, 0.6) is 0 Å². The number of carbonyl (C=O) groups is 1. The van der Waals surface area contributed by atoms with E-state index in [1.807, 2.05) is 24.3 Å². The van der Waals surface area contributed by atoms with Crippen LogP contribution in [0, 0.1) is 5.82 Å². The zero-order valence-electron chi connectivity index (χ0n) is 13.0. The topological polar surface area (TPSA) is 32.3 Å². The SMILES string of the molecule is CNCC(=O)C(c1cccc(F)c1)N1CCSc2ccccc21. The largest absolute Gasteiger partial charge is 0.356 e. The summed E-state index contributed by atoms with van der Waals surface area (Å²) >= 11 is 1.79. The van der Waals surface area contributed by atoms with Gasteiger partial charge in [0, 0.05) is 17.2 Å². The van der Waals surface area contributed by atoms with Crippen LogP contribution < -0.4 is 10.2 Å². The predicted octanol–water partition coefficient (Wildman–Crippen LogP) is 3.27. The van der Waals surface area contributed by atoms with Crippen molar-refractivity contribution >= 4 is 23.2 Å². The summed E-state index contributed by atoms with van der Waals surface area (Å²) in [4.78, 5) is 16.0. The molecule has 2 aromatic carbocycles. The molecule has 5 heteroatoms. The van der Waals surface area contributed by atoms with Gasteiger partial charge >= 0.3 is 0 Å². The summed E-state index contributed by atoms with van der Waals surface area (Å²) in [6, 6.07) is 14.0. The van der Waals surface area contributed by atoms with Gasteiger partial charge in [0.15, 0.2) is 5.78 Å². The molecule has 0 aliphatic carbocycles. The first-order valence-corrected chi connectivity index (χ1v) is 8.60. The molecule has 0 radical (unpaired) electrons. The Kier molecular flexibility index (Phi) is 4.98. The molecule has 1 unspecified atom stereocenters. The highest BCUT2D eigenvalue weighted by Crippen LogP contribution is 2.39. The standard InChI is InChI=1S/C18H19FN2OS/c1-20-12-16(22)18(13-5-4-6-14(19)11-13)21-9-10-23-17-8-3-2-7-15(17)21/h2-8,11,18,20H,9-10,12H2,1H3. The number of hydrogen-bond acceptors (Lipinski definition) is 4. The fourth-order valence-electron chi connectivity index (χ4n) is 2.95. The molecule has 1 aliphatic rings. The molecule has 0 saturated heterocycles. The maximum absolute atomic E-state index is 13.7. The lowest BCUT2D eigenvalue weighted by atomic mass is 9.99. The molecule has 1 heterocycles. The fourth-order valence-corrected chi connectivity index (χ4v) is 3.96. The van der Waals surface area contributed by atoms with Crippen LogP contribution in [0.2, 0.25) is 0 Å². The van der Waals surface area contributed by atoms with E-state index < -0.39 is 6.04 Å². The van der Waals surface area contributed by atoms with E-state index in [1.165, 1.54) is 12.1 Å². The molecule has 0 amide bonds. The molecule has 120 valence electrons. The maximum atomic E-state index is 13.7. The van der Waals surface area contributed by atoms with Gasteiger partial charge < -0.3 is 10.2 Å². The van der Waals surface area contributed by atoms with Crippen LogP contribution >= 0.6 is 11.8 Å². The molecule has 0 spiro atoms. The van der Waals surface area contributed by atoms with Crippen LogP contribution in [0.15, 0.2) is 53.4 Å². The Hall–Kier alpha value is -1.85. The smallest absolute Gasteiger partial charge is 0.173 e. The van der Waals surface area contributed by atoms with Crippen molar-refractivity contribution in [1.82, 2.24) is 5.32 Å². The van der Waals surface area contributed by atoms with Gasteiger partial charge in [0.2, 0.25) is 0 Å². The third-order valence-electron chi connectivity index (χ3n) is 3.90.